The van der Waals surface area contributed by atoms with E-state index in [0.29, 0.717) is 6.54 Å². The number of carbonyl (C=O) groups excluding carboxylic acids is 1. The minimum Gasteiger partial charge on any atom is -0.378 e. The zero-order chi connectivity index (χ0) is 16.8. The Bertz CT molecular complexity index is 643. The van der Waals surface area contributed by atoms with E-state index in [1.807, 2.05) is 40.1 Å². The summed E-state index contributed by atoms with van der Waals surface area (Å²) < 4.78 is 0. The summed E-state index contributed by atoms with van der Waals surface area (Å²) in [5.74, 6) is 0. The minimum atomic E-state index is -0.167. The molecule has 0 bridgehead atoms. The average Bonchev–Trinajstić information content (AvgIpc) is 2.46. The number of urea groups is 1. The van der Waals surface area contributed by atoms with Crippen molar-refractivity contribution >= 4 is 17.4 Å². The van der Waals surface area contributed by atoms with Crippen molar-refractivity contribution in [3.63, 3.8) is 0 Å². The molecular formula is C19H25N3O. The summed E-state index contributed by atoms with van der Waals surface area (Å²) in [5.41, 5.74) is 5.49. The van der Waals surface area contributed by atoms with Gasteiger partial charge in [-0.25, -0.2) is 4.79 Å². The third-order valence-corrected chi connectivity index (χ3v) is 3.63. The molecule has 0 radical (unpaired) electrons. The molecule has 0 saturated carbocycles. The van der Waals surface area contributed by atoms with E-state index in [9.17, 15) is 4.79 Å². The highest BCUT2D eigenvalue weighted by atomic mass is 16.2. The van der Waals surface area contributed by atoms with Crippen LogP contribution in [0.3, 0.4) is 0 Å². The van der Waals surface area contributed by atoms with Crippen molar-refractivity contribution < 1.29 is 4.79 Å². The lowest BCUT2D eigenvalue weighted by atomic mass is 10.1. The second-order valence-electron chi connectivity index (χ2n) is 6.07. The van der Waals surface area contributed by atoms with E-state index < -0.39 is 0 Å². The van der Waals surface area contributed by atoms with E-state index in [-0.39, 0.29) is 6.03 Å². The molecule has 23 heavy (non-hydrogen) atoms. The zero-order valence-corrected chi connectivity index (χ0v) is 14.3. The van der Waals surface area contributed by atoms with E-state index in [1.54, 1.807) is 0 Å². The van der Waals surface area contributed by atoms with Crippen molar-refractivity contribution in [3.8, 4) is 0 Å². The quantitative estimate of drug-likeness (QED) is 0.883. The van der Waals surface area contributed by atoms with Gasteiger partial charge in [0.15, 0.2) is 0 Å². The fraction of sp³-hybridized carbons (Fsp3) is 0.316. The van der Waals surface area contributed by atoms with Crippen LogP contribution in [0.25, 0.3) is 0 Å². The van der Waals surface area contributed by atoms with Gasteiger partial charge < -0.3 is 15.5 Å². The Labute approximate surface area is 138 Å². The van der Waals surface area contributed by atoms with Gasteiger partial charge in [0.05, 0.1) is 0 Å². The molecule has 0 aliphatic carbocycles. The van der Waals surface area contributed by atoms with E-state index >= 15 is 0 Å². The molecule has 0 fully saturated rings. The maximum atomic E-state index is 11.9. The lowest BCUT2D eigenvalue weighted by Crippen LogP contribution is -2.30. The molecule has 4 nitrogen and oxygen atoms in total. The van der Waals surface area contributed by atoms with Gasteiger partial charge in [0, 0.05) is 32.0 Å². The fourth-order valence-corrected chi connectivity index (χ4v) is 2.50. The van der Waals surface area contributed by atoms with Crippen LogP contribution in [0.4, 0.5) is 16.2 Å². The lowest BCUT2D eigenvalue weighted by molar-refractivity contribution is 0.252. The molecule has 2 N–H and O–H groups in total. The first-order valence-electron chi connectivity index (χ1n) is 7.83. The lowest BCUT2D eigenvalue weighted by Gasteiger charge is -2.13. The molecule has 2 rings (SSSR count). The first kappa shape index (κ1) is 16.9. The molecule has 2 aromatic carbocycles. The summed E-state index contributed by atoms with van der Waals surface area (Å²) in [6, 6.07) is 14.2. The minimum absolute atomic E-state index is 0.167. The normalized spacial score (nSPS) is 10.3. The van der Waals surface area contributed by atoms with Gasteiger partial charge >= 0.3 is 6.03 Å². The van der Waals surface area contributed by atoms with Gasteiger partial charge in [-0.15, -0.1) is 0 Å². The third-order valence-electron chi connectivity index (χ3n) is 3.63. The second-order valence-corrected chi connectivity index (χ2v) is 6.07. The number of anilines is 2. The van der Waals surface area contributed by atoms with Crippen molar-refractivity contribution in [1.29, 1.82) is 0 Å². The first-order valence-corrected chi connectivity index (χ1v) is 7.83. The molecule has 0 atom stereocenters. The van der Waals surface area contributed by atoms with E-state index in [0.717, 1.165) is 23.2 Å². The Morgan fingerprint density at radius 1 is 1.00 bits per heavy atom. The Balaban J connectivity index is 1.80. The van der Waals surface area contributed by atoms with Gasteiger partial charge in [0.1, 0.15) is 0 Å². The molecule has 2 amide bonds. The Morgan fingerprint density at radius 2 is 1.61 bits per heavy atom. The maximum Gasteiger partial charge on any atom is 0.319 e. The van der Waals surface area contributed by atoms with Crippen LogP contribution in [0, 0.1) is 13.8 Å². The molecule has 0 aliphatic rings. The molecule has 0 heterocycles. The molecule has 0 aromatic heterocycles. The van der Waals surface area contributed by atoms with Crippen LogP contribution in [-0.2, 0) is 6.42 Å². The standard InChI is InChI=1S/C19H25N3O/c1-14-11-15(2)13-17(12-14)21-19(23)20-10-9-16-5-7-18(8-6-16)22(3)4/h5-8,11-13H,9-10H2,1-4H3,(H2,20,21,23). The number of nitrogens with one attached hydrogen (secondary N) is 2. The number of benzene rings is 2. The van der Waals surface area contributed by atoms with Crippen LogP contribution in [0.2, 0.25) is 0 Å². The van der Waals surface area contributed by atoms with E-state index in [1.165, 1.54) is 11.3 Å². The molecular weight excluding hydrogens is 286 g/mol. The SMILES string of the molecule is Cc1cc(C)cc(NC(=O)NCCc2ccc(N(C)C)cc2)c1. The number of amides is 2. The smallest absolute Gasteiger partial charge is 0.319 e. The topological polar surface area (TPSA) is 44.4 Å². The summed E-state index contributed by atoms with van der Waals surface area (Å²) >= 11 is 0. The average molecular weight is 311 g/mol. The summed E-state index contributed by atoms with van der Waals surface area (Å²) in [4.78, 5) is 14.0. The van der Waals surface area contributed by atoms with Crippen molar-refractivity contribution in [2.45, 2.75) is 20.3 Å². The highest BCUT2D eigenvalue weighted by molar-refractivity contribution is 5.89. The number of rotatable bonds is 5. The summed E-state index contributed by atoms with van der Waals surface area (Å²) in [6.45, 7) is 4.65. The van der Waals surface area contributed by atoms with Crippen LogP contribution in [0.5, 0.6) is 0 Å². The van der Waals surface area contributed by atoms with Crippen molar-refractivity contribution in [1.82, 2.24) is 5.32 Å². The Morgan fingerprint density at radius 3 is 2.17 bits per heavy atom. The number of hydrogen-bond donors (Lipinski definition) is 2. The molecule has 2 aromatic rings. The van der Waals surface area contributed by atoms with Crippen LogP contribution in [0.1, 0.15) is 16.7 Å². The van der Waals surface area contributed by atoms with Gasteiger partial charge in [0.2, 0.25) is 0 Å². The fourth-order valence-electron chi connectivity index (χ4n) is 2.50. The third kappa shape index (κ3) is 5.33. The summed E-state index contributed by atoms with van der Waals surface area (Å²) in [7, 11) is 4.04. The van der Waals surface area contributed by atoms with E-state index in [4.69, 9.17) is 0 Å². The predicted octanol–water partition coefficient (Wildman–Crippen LogP) is 3.73. The van der Waals surface area contributed by atoms with Crippen molar-refractivity contribution in [2.75, 3.05) is 30.9 Å². The highest BCUT2D eigenvalue weighted by Gasteiger charge is 2.03. The molecule has 0 aliphatic heterocycles. The summed E-state index contributed by atoms with van der Waals surface area (Å²) in [6.07, 6.45) is 0.813. The van der Waals surface area contributed by atoms with Gasteiger partial charge in [-0.3, -0.25) is 0 Å². The van der Waals surface area contributed by atoms with Gasteiger partial charge in [-0.1, -0.05) is 18.2 Å². The van der Waals surface area contributed by atoms with Crippen molar-refractivity contribution in [3.05, 3.63) is 59.2 Å². The Kier molecular flexibility index (Phi) is 5.63. The second kappa shape index (κ2) is 7.68. The van der Waals surface area contributed by atoms with Crippen LogP contribution < -0.4 is 15.5 Å². The highest BCUT2D eigenvalue weighted by Crippen LogP contribution is 2.14. The zero-order valence-electron chi connectivity index (χ0n) is 14.3. The number of carbonyl (C=O) groups is 1. The largest absolute Gasteiger partial charge is 0.378 e. The van der Waals surface area contributed by atoms with Gasteiger partial charge in [-0.2, -0.15) is 0 Å². The molecule has 0 spiro atoms. The van der Waals surface area contributed by atoms with Crippen molar-refractivity contribution in [2.24, 2.45) is 0 Å². The molecule has 0 saturated heterocycles. The van der Waals surface area contributed by atoms with E-state index in [2.05, 4.69) is 45.9 Å². The number of hydrogen-bond acceptors (Lipinski definition) is 2. The van der Waals surface area contributed by atoms with Crippen LogP contribution in [0.15, 0.2) is 42.5 Å². The van der Waals surface area contributed by atoms with Crippen LogP contribution >= 0.6 is 0 Å². The predicted molar refractivity (Wildman–Crippen MR) is 97.4 cm³/mol. The molecule has 122 valence electrons. The van der Waals surface area contributed by atoms with Crippen LogP contribution in [-0.4, -0.2) is 26.7 Å². The maximum absolute atomic E-state index is 11.9. The first-order chi connectivity index (χ1) is 10.9. The number of nitrogens with zero attached hydrogens (tertiary/aromatic N) is 1. The monoisotopic (exact) mass is 311 g/mol. The molecule has 4 heteroatoms. The van der Waals surface area contributed by atoms with Gasteiger partial charge in [0.25, 0.3) is 0 Å². The number of aryl methyl sites for hydroxylation is 2. The Hall–Kier alpha value is -2.49. The van der Waals surface area contributed by atoms with Gasteiger partial charge in [-0.05, 0) is 61.2 Å². The molecule has 0 unspecified atom stereocenters. The summed E-state index contributed by atoms with van der Waals surface area (Å²) in [5, 5.41) is 5.77.